The summed E-state index contributed by atoms with van der Waals surface area (Å²) in [7, 11) is 1.88. The van der Waals surface area contributed by atoms with Crippen LogP contribution in [0.25, 0.3) is 0 Å². The van der Waals surface area contributed by atoms with E-state index >= 15 is 0 Å². The third-order valence-electron chi connectivity index (χ3n) is 10.9. The molecule has 3 nitrogen and oxygen atoms in total. The molecule has 4 aliphatic rings. The topological polar surface area (TPSA) is 49.7 Å². The van der Waals surface area contributed by atoms with Gasteiger partial charge < -0.3 is 14.9 Å². The fourth-order valence-electron chi connectivity index (χ4n) is 9.06. The molecule has 29 heavy (non-hydrogen) atoms. The Balaban J connectivity index is 1.54. The van der Waals surface area contributed by atoms with Crippen LogP contribution in [0.3, 0.4) is 0 Å². The average Bonchev–Trinajstić information content (AvgIpc) is 3.05. The van der Waals surface area contributed by atoms with Gasteiger partial charge >= 0.3 is 0 Å². The van der Waals surface area contributed by atoms with Gasteiger partial charge in [-0.05, 0) is 117 Å². The van der Waals surface area contributed by atoms with Crippen molar-refractivity contribution in [1.29, 1.82) is 0 Å². The summed E-state index contributed by atoms with van der Waals surface area (Å²) in [5.74, 6) is 4.16. The van der Waals surface area contributed by atoms with Crippen LogP contribution in [0.15, 0.2) is 0 Å². The van der Waals surface area contributed by atoms with Gasteiger partial charge in [0.1, 0.15) is 0 Å². The van der Waals surface area contributed by atoms with E-state index in [1.807, 2.05) is 14.0 Å². The molecule has 0 aliphatic heterocycles. The molecule has 3 heteroatoms. The maximum atomic E-state index is 11.6. The summed E-state index contributed by atoms with van der Waals surface area (Å²) in [6.07, 6.45) is 12.1. The molecule has 4 saturated carbocycles. The van der Waals surface area contributed by atoms with Gasteiger partial charge in [-0.15, -0.1) is 0 Å². The lowest BCUT2D eigenvalue weighted by Gasteiger charge is -2.62. The summed E-state index contributed by atoms with van der Waals surface area (Å²) in [4.78, 5) is 0. The Morgan fingerprint density at radius 3 is 2.41 bits per heavy atom. The number of methoxy groups -OCH3 is 1. The Bertz CT molecular complexity index is 576. The largest absolute Gasteiger partial charge is 0.393 e. The van der Waals surface area contributed by atoms with Gasteiger partial charge in [0.15, 0.2) is 0 Å². The second-order valence-electron chi connectivity index (χ2n) is 12.0. The van der Waals surface area contributed by atoms with Crippen molar-refractivity contribution in [2.75, 3.05) is 7.11 Å². The van der Waals surface area contributed by atoms with E-state index in [2.05, 4.69) is 20.8 Å². The first-order chi connectivity index (χ1) is 13.7. The Morgan fingerprint density at radius 2 is 1.72 bits per heavy atom. The van der Waals surface area contributed by atoms with Crippen molar-refractivity contribution < 1.29 is 14.9 Å². The molecule has 4 fully saturated rings. The zero-order valence-electron chi connectivity index (χ0n) is 19.6. The van der Waals surface area contributed by atoms with Gasteiger partial charge in [-0.3, -0.25) is 0 Å². The highest BCUT2D eigenvalue weighted by molar-refractivity contribution is 5.12. The quantitative estimate of drug-likeness (QED) is 0.640. The number of rotatable bonds is 5. The van der Waals surface area contributed by atoms with E-state index in [0.717, 1.165) is 31.1 Å². The standard InChI is InChI=1S/C26H46O3/c1-16(6-7-17(2)27)21-10-11-22-20-9-8-18-14-19(29-5)12-13-25(18,3)23(20)15-24(28)26(21,22)4/h16-24,27-28H,6-15H2,1-5H3/t16?,17-,18+,19-,20-,21+,22-,23-,24-,25-,26+/m0/s1. The summed E-state index contributed by atoms with van der Waals surface area (Å²) in [6, 6.07) is 0. The van der Waals surface area contributed by atoms with Crippen molar-refractivity contribution in [1.82, 2.24) is 0 Å². The SMILES string of the molecule is CO[C@H]1CC[C@@]2(C)[C@H](CC[C@@H]3[C@@H]2C[C@H](O)[C@]2(C)[C@@H](C(C)CC[C@H](C)O)CC[C@@H]32)C1. The Morgan fingerprint density at radius 1 is 0.966 bits per heavy atom. The van der Waals surface area contributed by atoms with Gasteiger partial charge in [-0.25, -0.2) is 0 Å². The normalized spacial score (nSPS) is 51.6. The van der Waals surface area contributed by atoms with Gasteiger partial charge in [0, 0.05) is 7.11 Å². The molecule has 0 spiro atoms. The van der Waals surface area contributed by atoms with Crippen LogP contribution in [-0.4, -0.2) is 35.6 Å². The van der Waals surface area contributed by atoms with E-state index in [9.17, 15) is 10.2 Å². The van der Waals surface area contributed by atoms with Crippen LogP contribution in [-0.2, 0) is 4.74 Å². The van der Waals surface area contributed by atoms with Crippen molar-refractivity contribution >= 4 is 0 Å². The molecule has 168 valence electrons. The third-order valence-corrected chi connectivity index (χ3v) is 10.9. The van der Waals surface area contributed by atoms with Gasteiger partial charge in [0.2, 0.25) is 0 Å². The van der Waals surface area contributed by atoms with E-state index in [0.29, 0.717) is 35.2 Å². The van der Waals surface area contributed by atoms with Crippen molar-refractivity contribution in [3.05, 3.63) is 0 Å². The molecule has 0 radical (unpaired) electrons. The summed E-state index contributed by atoms with van der Waals surface area (Å²) in [5.41, 5.74) is 0.475. The van der Waals surface area contributed by atoms with Crippen molar-refractivity contribution in [3.63, 3.8) is 0 Å². The van der Waals surface area contributed by atoms with Crippen molar-refractivity contribution in [2.24, 2.45) is 46.3 Å². The summed E-state index contributed by atoms with van der Waals surface area (Å²) in [6.45, 7) is 9.28. The monoisotopic (exact) mass is 406 g/mol. The second kappa shape index (κ2) is 8.10. The molecule has 0 aromatic heterocycles. The van der Waals surface area contributed by atoms with Gasteiger partial charge in [0.05, 0.1) is 18.3 Å². The minimum Gasteiger partial charge on any atom is -0.393 e. The molecular formula is C26H46O3. The Labute approximate surface area is 179 Å². The maximum absolute atomic E-state index is 11.6. The fraction of sp³-hybridized carbons (Fsp3) is 1.00. The minimum atomic E-state index is -0.208. The molecule has 0 heterocycles. The van der Waals surface area contributed by atoms with Crippen LogP contribution in [0.1, 0.15) is 91.9 Å². The van der Waals surface area contributed by atoms with Crippen LogP contribution in [0.2, 0.25) is 0 Å². The van der Waals surface area contributed by atoms with Crippen molar-refractivity contribution in [3.8, 4) is 0 Å². The molecule has 0 amide bonds. The first-order valence-electron chi connectivity index (χ1n) is 12.6. The van der Waals surface area contributed by atoms with Crippen molar-refractivity contribution in [2.45, 2.75) is 110 Å². The highest BCUT2D eigenvalue weighted by Gasteiger charge is 2.63. The minimum absolute atomic E-state index is 0.0756. The molecule has 1 unspecified atom stereocenters. The van der Waals surface area contributed by atoms with E-state index in [-0.39, 0.29) is 17.6 Å². The van der Waals surface area contributed by atoms with E-state index in [1.54, 1.807) is 0 Å². The molecule has 4 rings (SSSR count). The molecule has 2 N–H and O–H groups in total. The van der Waals surface area contributed by atoms with E-state index < -0.39 is 0 Å². The number of fused-ring (bicyclic) bond motifs is 5. The summed E-state index contributed by atoms with van der Waals surface area (Å²) < 4.78 is 5.74. The van der Waals surface area contributed by atoms with Crippen LogP contribution >= 0.6 is 0 Å². The van der Waals surface area contributed by atoms with Crippen LogP contribution in [0.4, 0.5) is 0 Å². The molecule has 0 saturated heterocycles. The van der Waals surface area contributed by atoms with Gasteiger partial charge in [-0.1, -0.05) is 20.8 Å². The number of ether oxygens (including phenoxy) is 1. The van der Waals surface area contributed by atoms with Gasteiger partial charge in [-0.2, -0.15) is 0 Å². The maximum Gasteiger partial charge on any atom is 0.0602 e. The summed E-state index contributed by atoms with van der Waals surface area (Å²) >= 11 is 0. The zero-order chi connectivity index (χ0) is 21.0. The number of aliphatic hydroxyl groups is 2. The van der Waals surface area contributed by atoms with Crippen LogP contribution in [0, 0.1) is 46.3 Å². The van der Waals surface area contributed by atoms with Crippen LogP contribution in [0.5, 0.6) is 0 Å². The molecular weight excluding hydrogens is 360 g/mol. The first-order valence-corrected chi connectivity index (χ1v) is 12.6. The lowest BCUT2D eigenvalue weighted by molar-refractivity contribution is -0.176. The van der Waals surface area contributed by atoms with Gasteiger partial charge in [0.25, 0.3) is 0 Å². The third kappa shape index (κ3) is 3.52. The average molecular weight is 407 g/mol. The number of hydrogen-bond acceptors (Lipinski definition) is 3. The van der Waals surface area contributed by atoms with Crippen LogP contribution < -0.4 is 0 Å². The Kier molecular flexibility index (Phi) is 6.17. The first kappa shape index (κ1) is 22.1. The smallest absolute Gasteiger partial charge is 0.0602 e. The molecule has 0 aromatic rings. The van der Waals surface area contributed by atoms with E-state index in [1.165, 1.54) is 44.9 Å². The molecule has 4 aliphatic carbocycles. The molecule has 0 bridgehead atoms. The number of hydrogen-bond donors (Lipinski definition) is 2. The zero-order valence-corrected chi connectivity index (χ0v) is 19.6. The number of aliphatic hydroxyl groups excluding tert-OH is 2. The predicted octanol–water partition coefficient (Wildman–Crippen LogP) is 5.43. The molecule has 0 aromatic carbocycles. The second-order valence-corrected chi connectivity index (χ2v) is 12.0. The Hall–Kier alpha value is -0.120. The molecule has 11 atom stereocenters. The van der Waals surface area contributed by atoms with E-state index in [4.69, 9.17) is 4.74 Å². The highest BCUT2D eigenvalue weighted by Crippen LogP contribution is 2.68. The fourth-order valence-corrected chi connectivity index (χ4v) is 9.06. The highest BCUT2D eigenvalue weighted by atomic mass is 16.5. The lowest BCUT2D eigenvalue weighted by Crippen LogP contribution is -2.58. The summed E-state index contributed by atoms with van der Waals surface area (Å²) in [5, 5.41) is 21.4. The lowest BCUT2D eigenvalue weighted by atomic mass is 9.43. The predicted molar refractivity (Wildman–Crippen MR) is 117 cm³/mol.